The Morgan fingerprint density at radius 1 is 1.28 bits per heavy atom. The van der Waals surface area contributed by atoms with Gasteiger partial charge in [-0.1, -0.05) is 12.1 Å². The van der Waals surface area contributed by atoms with Crippen molar-refractivity contribution < 1.29 is 19.1 Å². The SMILES string of the molecule is CC(C)(NC(=O)CCc1ccc(F)cc1)C(=O)O. The molecule has 18 heavy (non-hydrogen) atoms. The van der Waals surface area contributed by atoms with Crippen LogP contribution in [0, 0.1) is 5.82 Å². The molecule has 0 aliphatic rings. The molecular weight excluding hydrogens is 237 g/mol. The lowest BCUT2D eigenvalue weighted by Gasteiger charge is -2.20. The first-order valence-electron chi connectivity index (χ1n) is 5.60. The lowest BCUT2D eigenvalue weighted by molar-refractivity contribution is -0.146. The van der Waals surface area contributed by atoms with Crippen LogP contribution in [-0.2, 0) is 16.0 Å². The highest BCUT2D eigenvalue weighted by molar-refractivity contribution is 5.86. The number of carbonyl (C=O) groups is 2. The second kappa shape index (κ2) is 5.62. The van der Waals surface area contributed by atoms with Gasteiger partial charge in [0.15, 0.2) is 0 Å². The standard InChI is InChI=1S/C13H16FNO3/c1-13(2,12(17)18)15-11(16)8-5-9-3-6-10(14)7-4-9/h3-4,6-7H,5,8H2,1-2H3,(H,15,16)(H,17,18). The van der Waals surface area contributed by atoms with E-state index in [1.165, 1.54) is 26.0 Å². The third-order valence-corrected chi connectivity index (χ3v) is 2.54. The van der Waals surface area contributed by atoms with E-state index in [9.17, 15) is 14.0 Å². The normalized spacial score (nSPS) is 11.1. The summed E-state index contributed by atoms with van der Waals surface area (Å²) in [6.07, 6.45) is 0.615. The number of rotatable bonds is 5. The van der Waals surface area contributed by atoms with E-state index in [1.807, 2.05) is 0 Å². The molecule has 1 rings (SSSR count). The number of nitrogens with one attached hydrogen (secondary N) is 1. The summed E-state index contributed by atoms with van der Waals surface area (Å²) in [6, 6.07) is 5.86. The van der Waals surface area contributed by atoms with Crippen LogP contribution >= 0.6 is 0 Å². The number of hydrogen-bond donors (Lipinski definition) is 2. The molecule has 1 amide bonds. The Bertz CT molecular complexity index is 440. The van der Waals surface area contributed by atoms with Crippen molar-refractivity contribution in [2.75, 3.05) is 0 Å². The van der Waals surface area contributed by atoms with Crippen molar-refractivity contribution >= 4 is 11.9 Å². The summed E-state index contributed by atoms with van der Waals surface area (Å²) < 4.78 is 12.7. The lowest BCUT2D eigenvalue weighted by Crippen LogP contribution is -2.49. The van der Waals surface area contributed by atoms with Crippen LogP contribution in [0.2, 0.25) is 0 Å². The monoisotopic (exact) mass is 253 g/mol. The van der Waals surface area contributed by atoms with Gasteiger partial charge < -0.3 is 10.4 Å². The van der Waals surface area contributed by atoms with E-state index < -0.39 is 11.5 Å². The number of halogens is 1. The minimum absolute atomic E-state index is 0.169. The van der Waals surface area contributed by atoms with E-state index in [-0.39, 0.29) is 18.1 Å². The highest BCUT2D eigenvalue weighted by atomic mass is 19.1. The molecule has 0 spiro atoms. The maximum Gasteiger partial charge on any atom is 0.328 e. The highest BCUT2D eigenvalue weighted by Crippen LogP contribution is 2.07. The first-order valence-corrected chi connectivity index (χ1v) is 5.60. The second-order valence-electron chi connectivity index (χ2n) is 4.60. The molecule has 1 aromatic rings. The number of aryl methyl sites for hydroxylation is 1. The molecule has 0 unspecified atom stereocenters. The molecule has 0 atom stereocenters. The predicted octanol–water partition coefficient (Wildman–Crippen LogP) is 1.74. The fraction of sp³-hybridized carbons (Fsp3) is 0.385. The topological polar surface area (TPSA) is 66.4 Å². The number of carbonyl (C=O) groups excluding carboxylic acids is 1. The van der Waals surface area contributed by atoms with Crippen LogP contribution < -0.4 is 5.32 Å². The van der Waals surface area contributed by atoms with Crippen LogP contribution in [0.4, 0.5) is 4.39 Å². The van der Waals surface area contributed by atoms with Gasteiger partial charge in [0.1, 0.15) is 11.4 Å². The molecule has 0 saturated heterocycles. The molecule has 0 aliphatic carbocycles. The molecule has 0 bridgehead atoms. The number of carboxylic acid groups (broad SMARTS) is 1. The van der Waals surface area contributed by atoms with Crippen molar-refractivity contribution in [1.82, 2.24) is 5.32 Å². The van der Waals surface area contributed by atoms with Gasteiger partial charge in [-0.2, -0.15) is 0 Å². The molecule has 98 valence electrons. The maximum atomic E-state index is 12.7. The molecule has 0 radical (unpaired) electrons. The van der Waals surface area contributed by atoms with Gasteiger partial charge in [0.2, 0.25) is 5.91 Å². The Morgan fingerprint density at radius 3 is 2.33 bits per heavy atom. The Labute approximate surface area is 105 Å². The van der Waals surface area contributed by atoms with E-state index in [2.05, 4.69) is 5.32 Å². The third-order valence-electron chi connectivity index (χ3n) is 2.54. The van der Waals surface area contributed by atoms with Crippen LogP contribution in [0.15, 0.2) is 24.3 Å². The Kier molecular flexibility index (Phi) is 4.42. The fourth-order valence-corrected chi connectivity index (χ4v) is 1.37. The summed E-state index contributed by atoms with van der Waals surface area (Å²) in [5, 5.41) is 11.3. The average molecular weight is 253 g/mol. The first kappa shape index (κ1) is 14.2. The molecule has 0 heterocycles. The fourth-order valence-electron chi connectivity index (χ4n) is 1.37. The molecule has 5 heteroatoms. The molecule has 0 saturated carbocycles. The summed E-state index contributed by atoms with van der Waals surface area (Å²) in [5.41, 5.74) is -0.445. The largest absolute Gasteiger partial charge is 0.480 e. The minimum atomic E-state index is -1.28. The van der Waals surface area contributed by atoms with E-state index in [4.69, 9.17) is 5.11 Å². The summed E-state index contributed by atoms with van der Waals surface area (Å²) >= 11 is 0. The number of carboxylic acids is 1. The third kappa shape index (κ3) is 4.16. The van der Waals surface area contributed by atoms with Gasteiger partial charge in [-0.15, -0.1) is 0 Å². The Morgan fingerprint density at radius 2 is 1.83 bits per heavy atom. The number of amides is 1. The lowest BCUT2D eigenvalue weighted by atomic mass is 10.0. The molecule has 1 aromatic carbocycles. The van der Waals surface area contributed by atoms with Gasteiger partial charge in [0.05, 0.1) is 0 Å². The molecule has 4 nitrogen and oxygen atoms in total. The van der Waals surface area contributed by atoms with Crippen LogP contribution in [-0.4, -0.2) is 22.5 Å². The predicted molar refractivity (Wildman–Crippen MR) is 64.6 cm³/mol. The van der Waals surface area contributed by atoms with Crippen LogP contribution in [0.5, 0.6) is 0 Å². The van der Waals surface area contributed by atoms with Gasteiger partial charge in [-0.3, -0.25) is 4.79 Å². The van der Waals surface area contributed by atoms with Crippen molar-refractivity contribution in [3.05, 3.63) is 35.6 Å². The van der Waals surface area contributed by atoms with Crippen molar-refractivity contribution in [1.29, 1.82) is 0 Å². The Balaban J connectivity index is 2.47. The quantitative estimate of drug-likeness (QED) is 0.840. The Hall–Kier alpha value is -1.91. The molecule has 0 fully saturated rings. The van der Waals surface area contributed by atoms with Crippen LogP contribution in [0.1, 0.15) is 25.8 Å². The summed E-state index contributed by atoms with van der Waals surface area (Å²) in [5.74, 6) is -1.75. The summed E-state index contributed by atoms with van der Waals surface area (Å²) in [6.45, 7) is 2.84. The highest BCUT2D eigenvalue weighted by Gasteiger charge is 2.28. The van der Waals surface area contributed by atoms with Gasteiger partial charge in [0.25, 0.3) is 0 Å². The first-order chi connectivity index (χ1) is 8.31. The summed E-state index contributed by atoms with van der Waals surface area (Å²) in [7, 11) is 0. The smallest absolute Gasteiger partial charge is 0.328 e. The van der Waals surface area contributed by atoms with E-state index in [0.29, 0.717) is 6.42 Å². The molecule has 2 N–H and O–H groups in total. The van der Waals surface area contributed by atoms with Crippen LogP contribution in [0.3, 0.4) is 0 Å². The number of hydrogen-bond acceptors (Lipinski definition) is 2. The van der Waals surface area contributed by atoms with Crippen molar-refractivity contribution in [3.63, 3.8) is 0 Å². The van der Waals surface area contributed by atoms with E-state index in [1.54, 1.807) is 12.1 Å². The van der Waals surface area contributed by atoms with Crippen molar-refractivity contribution in [2.24, 2.45) is 0 Å². The molecule has 0 aromatic heterocycles. The number of benzene rings is 1. The zero-order chi connectivity index (χ0) is 13.8. The zero-order valence-electron chi connectivity index (χ0n) is 10.4. The van der Waals surface area contributed by atoms with Gasteiger partial charge in [-0.25, -0.2) is 9.18 Å². The number of aliphatic carboxylic acids is 1. The molecule has 0 aliphatic heterocycles. The zero-order valence-corrected chi connectivity index (χ0v) is 10.4. The molecular formula is C13H16FNO3. The van der Waals surface area contributed by atoms with Crippen molar-refractivity contribution in [3.8, 4) is 0 Å². The van der Waals surface area contributed by atoms with Crippen molar-refractivity contribution in [2.45, 2.75) is 32.2 Å². The second-order valence-corrected chi connectivity index (χ2v) is 4.60. The van der Waals surface area contributed by atoms with Gasteiger partial charge in [-0.05, 0) is 38.0 Å². The van der Waals surface area contributed by atoms with E-state index in [0.717, 1.165) is 5.56 Å². The van der Waals surface area contributed by atoms with Gasteiger partial charge >= 0.3 is 5.97 Å². The minimum Gasteiger partial charge on any atom is -0.480 e. The maximum absolute atomic E-state index is 12.7. The van der Waals surface area contributed by atoms with Crippen LogP contribution in [0.25, 0.3) is 0 Å². The average Bonchev–Trinajstić information content (AvgIpc) is 2.27. The van der Waals surface area contributed by atoms with Gasteiger partial charge in [0, 0.05) is 6.42 Å². The van der Waals surface area contributed by atoms with E-state index >= 15 is 0 Å². The summed E-state index contributed by atoms with van der Waals surface area (Å²) in [4.78, 5) is 22.4.